The van der Waals surface area contributed by atoms with Gasteiger partial charge in [0.1, 0.15) is 6.04 Å². The van der Waals surface area contributed by atoms with Gasteiger partial charge in [0.2, 0.25) is 11.8 Å². The lowest BCUT2D eigenvalue weighted by atomic mass is 9.80. The smallest absolute Gasteiger partial charge is 0.385 e. The van der Waals surface area contributed by atoms with Crippen LogP contribution in [0, 0.1) is 5.92 Å². The number of halogens is 3. The summed E-state index contributed by atoms with van der Waals surface area (Å²) in [5, 5.41) is 10.2. The van der Waals surface area contributed by atoms with Crippen LogP contribution in [0.2, 0.25) is 0 Å². The molecule has 2 aliphatic carbocycles. The van der Waals surface area contributed by atoms with Crippen LogP contribution >= 0.6 is 0 Å². The molecular weight excluding hydrogens is 565 g/mol. The Hall–Kier alpha value is -4.55. The third-order valence-electron chi connectivity index (χ3n) is 8.71. The topological polar surface area (TPSA) is 126 Å². The van der Waals surface area contributed by atoms with E-state index in [4.69, 9.17) is 5.10 Å². The summed E-state index contributed by atoms with van der Waals surface area (Å²) in [5.74, 6) is -1.78. The number of aromatic nitrogens is 3. The van der Waals surface area contributed by atoms with E-state index in [9.17, 15) is 32.3 Å². The molecule has 4 amide bonds. The van der Waals surface area contributed by atoms with Crippen molar-refractivity contribution in [3.8, 4) is 11.3 Å². The van der Waals surface area contributed by atoms with E-state index in [-0.39, 0.29) is 47.5 Å². The molecule has 1 aromatic carbocycles. The number of fused-ring (bicyclic) bond motifs is 1. The van der Waals surface area contributed by atoms with Gasteiger partial charge in [-0.25, -0.2) is 0 Å². The maximum Gasteiger partial charge on any atom is 0.418 e. The Bertz CT molecular complexity index is 1670. The SMILES string of the molecule is O=C1CCC(N2C(=O)c3ccc(NC[C@H]4C[C@H](n5cc(-c6ncccc6C(F)(F)F)c(C6CC6)n5)C4)cc3C2=O)C(=O)N1. The van der Waals surface area contributed by atoms with Crippen molar-refractivity contribution in [1.82, 2.24) is 25.0 Å². The lowest BCUT2D eigenvalue weighted by molar-refractivity contribution is -0.138. The molecule has 2 aliphatic heterocycles. The number of hydrogen-bond acceptors (Lipinski definition) is 7. The highest BCUT2D eigenvalue weighted by atomic mass is 19.4. The largest absolute Gasteiger partial charge is 0.418 e. The first-order chi connectivity index (χ1) is 20.6. The number of rotatable bonds is 7. The molecule has 4 aliphatic rings. The number of nitrogens with zero attached hydrogens (tertiary/aromatic N) is 4. The second-order valence-electron chi connectivity index (χ2n) is 11.7. The van der Waals surface area contributed by atoms with Crippen LogP contribution in [0.5, 0.6) is 0 Å². The van der Waals surface area contributed by atoms with E-state index >= 15 is 0 Å². The first kappa shape index (κ1) is 27.3. The van der Waals surface area contributed by atoms with Crippen molar-refractivity contribution in [3.63, 3.8) is 0 Å². The number of anilines is 1. The van der Waals surface area contributed by atoms with Gasteiger partial charge in [-0.05, 0) is 68.4 Å². The van der Waals surface area contributed by atoms with Gasteiger partial charge in [-0.1, -0.05) is 0 Å². The molecule has 1 unspecified atom stereocenters. The molecule has 3 aromatic rings. The Balaban J connectivity index is 1.01. The van der Waals surface area contributed by atoms with Gasteiger partial charge < -0.3 is 5.32 Å². The standard InChI is InChI=1S/C30H27F3N6O4/c31-30(32,33)22-2-1-9-34-26(22)21-14-38(37-25(21)16-3-4-16)18-10-15(11-18)13-35-17-5-6-19-20(12-17)29(43)39(28(19)42)23-7-8-24(40)36-27(23)41/h1-2,5-6,9,12,14-16,18,23,35H,3-4,7-8,10-11,13H2,(H,36,40,41)/t15-,18-,23?. The third-order valence-corrected chi connectivity index (χ3v) is 8.71. The molecule has 0 bridgehead atoms. The van der Waals surface area contributed by atoms with Crippen molar-refractivity contribution in [3.05, 3.63) is 65.1 Å². The number of benzene rings is 1. The summed E-state index contributed by atoms with van der Waals surface area (Å²) in [5.41, 5.74) is 1.35. The van der Waals surface area contributed by atoms with Crippen LogP contribution in [0.25, 0.3) is 11.3 Å². The summed E-state index contributed by atoms with van der Waals surface area (Å²) in [6.45, 7) is 0.594. The number of piperidine rings is 1. The van der Waals surface area contributed by atoms with Crippen molar-refractivity contribution in [2.24, 2.45) is 5.92 Å². The zero-order valence-electron chi connectivity index (χ0n) is 22.9. The van der Waals surface area contributed by atoms with Crippen LogP contribution < -0.4 is 10.6 Å². The van der Waals surface area contributed by atoms with Crippen molar-refractivity contribution in [2.45, 2.75) is 62.7 Å². The zero-order chi connectivity index (χ0) is 30.0. The number of alkyl halides is 3. The summed E-state index contributed by atoms with van der Waals surface area (Å²) >= 11 is 0. The molecule has 1 saturated heterocycles. The Labute approximate surface area is 243 Å². The molecule has 0 radical (unpaired) electrons. The number of imide groups is 2. The van der Waals surface area contributed by atoms with Crippen molar-refractivity contribution in [1.29, 1.82) is 0 Å². The number of nitrogens with one attached hydrogen (secondary N) is 2. The lowest BCUT2D eigenvalue weighted by Crippen LogP contribution is -2.54. The van der Waals surface area contributed by atoms with Crippen LogP contribution in [0.15, 0.2) is 42.7 Å². The van der Waals surface area contributed by atoms with Crippen molar-refractivity contribution < 1.29 is 32.3 Å². The predicted octanol–water partition coefficient (Wildman–Crippen LogP) is 4.31. The Morgan fingerprint density at radius 1 is 0.977 bits per heavy atom. The number of carbonyl (C=O) groups is 4. The van der Waals surface area contributed by atoms with E-state index in [0.717, 1.165) is 36.6 Å². The Morgan fingerprint density at radius 3 is 2.47 bits per heavy atom. The predicted molar refractivity (Wildman–Crippen MR) is 146 cm³/mol. The first-order valence-electron chi connectivity index (χ1n) is 14.3. The minimum Gasteiger partial charge on any atom is -0.385 e. The van der Waals surface area contributed by atoms with E-state index in [1.165, 1.54) is 12.3 Å². The van der Waals surface area contributed by atoms with Gasteiger partial charge in [-0.3, -0.25) is 39.1 Å². The molecule has 2 N–H and O–H groups in total. The highest BCUT2D eigenvalue weighted by Crippen LogP contribution is 2.47. The fraction of sp³-hybridized carbons (Fsp3) is 0.400. The minimum absolute atomic E-state index is 0.0531. The summed E-state index contributed by atoms with van der Waals surface area (Å²) < 4.78 is 42.9. The van der Waals surface area contributed by atoms with E-state index in [1.54, 1.807) is 29.1 Å². The quantitative estimate of drug-likeness (QED) is 0.392. The van der Waals surface area contributed by atoms with Gasteiger partial charge in [-0.2, -0.15) is 18.3 Å². The first-order valence-corrected chi connectivity index (χ1v) is 14.3. The van der Waals surface area contributed by atoms with E-state index < -0.39 is 41.4 Å². The zero-order valence-corrected chi connectivity index (χ0v) is 22.9. The van der Waals surface area contributed by atoms with E-state index in [0.29, 0.717) is 23.5 Å². The molecule has 3 fully saturated rings. The van der Waals surface area contributed by atoms with Gasteiger partial charge in [0, 0.05) is 42.5 Å². The van der Waals surface area contributed by atoms with Crippen LogP contribution in [-0.4, -0.2) is 55.9 Å². The second-order valence-corrected chi connectivity index (χ2v) is 11.7. The van der Waals surface area contributed by atoms with E-state index in [2.05, 4.69) is 15.6 Å². The van der Waals surface area contributed by atoms with Crippen LogP contribution in [0.1, 0.15) is 82.5 Å². The molecule has 1 atom stereocenters. The molecular formula is C30H27F3N6O4. The van der Waals surface area contributed by atoms with Crippen molar-refractivity contribution >= 4 is 29.3 Å². The second kappa shape index (κ2) is 10.0. The van der Waals surface area contributed by atoms with Gasteiger partial charge >= 0.3 is 6.18 Å². The lowest BCUT2D eigenvalue weighted by Gasteiger charge is -2.35. The Morgan fingerprint density at radius 2 is 1.74 bits per heavy atom. The number of amides is 4. The fourth-order valence-corrected chi connectivity index (χ4v) is 6.21. The summed E-state index contributed by atoms with van der Waals surface area (Å²) in [6, 6.07) is 6.25. The number of hydrogen-bond donors (Lipinski definition) is 2. The van der Waals surface area contributed by atoms with Crippen LogP contribution in [-0.2, 0) is 15.8 Å². The van der Waals surface area contributed by atoms with Crippen molar-refractivity contribution in [2.75, 3.05) is 11.9 Å². The van der Waals surface area contributed by atoms with Crippen LogP contribution in [0.4, 0.5) is 18.9 Å². The van der Waals surface area contributed by atoms with E-state index in [1.807, 2.05) is 0 Å². The third kappa shape index (κ3) is 4.86. The molecule has 2 saturated carbocycles. The average molecular weight is 593 g/mol. The molecule has 4 heterocycles. The fourth-order valence-electron chi connectivity index (χ4n) is 6.21. The Kier molecular flexibility index (Phi) is 6.36. The normalized spacial score (nSPS) is 23.7. The molecule has 10 nitrogen and oxygen atoms in total. The van der Waals surface area contributed by atoms with Crippen LogP contribution in [0.3, 0.4) is 0 Å². The van der Waals surface area contributed by atoms with Gasteiger partial charge in [0.25, 0.3) is 11.8 Å². The molecule has 43 heavy (non-hydrogen) atoms. The van der Waals surface area contributed by atoms with Gasteiger partial charge in [0.15, 0.2) is 0 Å². The highest BCUT2D eigenvalue weighted by Gasteiger charge is 2.45. The minimum atomic E-state index is -4.52. The molecule has 2 aromatic heterocycles. The monoisotopic (exact) mass is 592 g/mol. The maximum absolute atomic E-state index is 13.7. The summed E-state index contributed by atoms with van der Waals surface area (Å²) in [4.78, 5) is 54.8. The molecule has 7 rings (SSSR count). The maximum atomic E-state index is 13.7. The number of carbonyl (C=O) groups excluding carboxylic acids is 4. The average Bonchev–Trinajstić information content (AvgIpc) is 3.66. The number of pyridine rings is 1. The molecule has 222 valence electrons. The summed E-state index contributed by atoms with van der Waals surface area (Å²) in [7, 11) is 0. The summed E-state index contributed by atoms with van der Waals surface area (Å²) in [6.07, 6.45) is 2.06. The molecule has 13 heteroatoms. The molecule has 0 spiro atoms. The van der Waals surface area contributed by atoms with Gasteiger partial charge in [-0.15, -0.1) is 0 Å². The van der Waals surface area contributed by atoms with Gasteiger partial charge in [0.05, 0.1) is 34.1 Å². The highest BCUT2D eigenvalue weighted by molar-refractivity contribution is 6.23.